The maximum atomic E-state index is 14.0. The Morgan fingerprint density at radius 3 is 2.35 bits per heavy atom. The van der Waals surface area contributed by atoms with E-state index >= 15 is 0 Å². The summed E-state index contributed by atoms with van der Waals surface area (Å²) in [6.07, 6.45) is 0. The van der Waals surface area contributed by atoms with Crippen molar-refractivity contribution in [3.63, 3.8) is 0 Å². The molecule has 0 radical (unpaired) electrons. The van der Waals surface area contributed by atoms with E-state index in [-0.39, 0.29) is 24.2 Å². The summed E-state index contributed by atoms with van der Waals surface area (Å²) in [6.45, 7) is 1.99. The van der Waals surface area contributed by atoms with Gasteiger partial charge in [0.15, 0.2) is 6.61 Å². The highest BCUT2D eigenvalue weighted by Crippen LogP contribution is 2.21. The molecule has 1 fully saturated rings. The zero-order valence-corrected chi connectivity index (χ0v) is 18.9. The van der Waals surface area contributed by atoms with E-state index in [1.54, 1.807) is 72.7 Å². The van der Waals surface area contributed by atoms with Crippen molar-refractivity contribution >= 4 is 23.2 Å². The van der Waals surface area contributed by atoms with Gasteiger partial charge in [-0.2, -0.15) is 0 Å². The number of methoxy groups -OCH3 is 1. The molecule has 8 heteroatoms. The second-order valence-electron chi connectivity index (χ2n) is 7.82. The molecular formula is C26H26FN3O4. The van der Waals surface area contributed by atoms with Crippen LogP contribution in [0.1, 0.15) is 10.4 Å². The van der Waals surface area contributed by atoms with Gasteiger partial charge in [0.25, 0.3) is 11.8 Å². The SMILES string of the molecule is COc1cccc(NC(=O)COc2ccc(C(=O)N3CCN(c4ccccc4F)CC3)cc2)c1. The lowest BCUT2D eigenvalue weighted by molar-refractivity contribution is -0.118. The van der Waals surface area contributed by atoms with Crippen molar-refractivity contribution in [2.75, 3.05) is 50.1 Å². The van der Waals surface area contributed by atoms with Gasteiger partial charge in [0, 0.05) is 43.5 Å². The van der Waals surface area contributed by atoms with Crippen molar-refractivity contribution in [3.8, 4) is 11.5 Å². The van der Waals surface area contributed by atoms with E-state index in [0.717, 1.165) is 0 Å². The topological polar surface area (TPSA) is 71.1 Å². The maximum Gasteiger partial charge on any atom is 0.262 e. The number of nitrogens with one attached hydrogen (secondary N) is 1. The van der Waals surface area contributed by atoms with Crippen LogP contribution in [0.5, 0.6) is 11.5 Å². The molecule has 2 amide bonds. The molecule has 176 valence electrons. The quantitative estimate of drug-likeness (QED) is 0.577. The number of benzene rings is 3. The molecule has 3 aromatic rings. The third-order valence-electron chi connectivity index (χ3n) is 5.58. The minimum Gasteiger partial charge on any atom is -0.497 e. The Bertz CT molecular complexity index is 1140. The Balaban J connectivity index is 1.26. The van der Waals surface area contributed by atoms with Crippen molar-refractivity contribution in [3.05, 3.63) is 84.2 Å². The lowest BCUT2D eigenvalue weighted by atomic mass is 10.1. The molecule has 0 atom stereocenters. The molecule has 1 N–H and O–H groups in total. The predicted molar refractivity (Wildman–Crippen MR) is 128 cm³/mol. The van der Waals surface area contributed by atoms with Crippen LogP contribution in [-0.2, 0) is 4.79 Å². The normalized spacial score (nSPS) is 13.4. The fourth-order valence-corrected chi connectivity index (χ4v) is 3.78. The monoisotopic (exact) mass is 463 g/mol. The Labute approximate surface area is 197 Å². The minimum atomic E-state index is -0.305. The second-order valence-corrected chi connectivity index (χ2v) is 7.82. The first-order valence-electron chi connectivity index (χ1n) is 11.0. The van der Waals surface area contributed by atoms with E-state index in [9.17, 15) is 14.0 Å². The van der Waals surface area contributed by atoms with Crippen molar-refractivity contribution < 1.29 is 23.5 Å². The highest BCUT2D eigenvalue weighted by Gasteiger charge is 2.23. The molecule has 4 rings (SSSR count). The van der Waals surface area contributed by atoms with Gasteiger partial charge < -0.3 is 24.6 Å². The number of ether oxygens (including phenoxy) is 2. The Morgan fingerprint density at radius 1 is 0.912 bits per heavy atom. The number of para-hydroxylation sites is 1. The number of anilines is 2. The van der Waals surface area contributed by atoms with Crippen molar-refractivity contribution in [1.29, 1.82) is 0 Å². The number of piperazine rings is 1. The Hall–Kier alpha value is -4.07. The van der Waals surface area contributed by atoms with Gasteiger partial charge in [-0.1, -0.05) is 18.2 Å². The number of amides is 2. The molecule has 0 unspecified atom stereocenters. The third kappa shape index (κ3) is 5.64. The number of rotatable bonds is 7. The van der Waals surface area contributed by atoms with Crippen LogP contribution in [0.4, 0.5) is 15.8 Å². The summed E-state index contributed by atoms with van der Waals surface area (Å²) in [4.78, 5) is 28.7. The van der Waals surface area contributed by atoms with Crippen LogP contribution < -0.4 is 19.7 Å². The maximum absolute atomic E-state index is 14.0. The minimum absolute atomic E-state index is 0.0875. The molecule has 0 saturated carbocycles. The summed E-state index contributed by atoms with van der Waals surface area (Å²) in [5.41, 5.74) is 1.71. The summed E-state index contributed by atoms with van der Waals surface area (Å²) in [5, 5.41) is 2.75. The third-order valence-corrected chi connectivity index (χ3v) is 5.58. The van der Waals surface area contributed by atoms with E-state index < -0.39 is 0 Å². The summed E-state index contributed by atoms with van der Waals surface area (Å²) in [7, 11) is 1.56. The van der Waals surface area contributed by atoms with E-state index in [1.807, 2.05) is 11.0 Å². The number of halogens is 1. The fraction of sp³-hybridized carbons (Fsp3) is 0.231. The Kier molecular flexibility index (Phi) is 7.27. The number of carbonyl (C=O) groups is 2. The smallest absolute Gasteiger partial charge is 0.262 e. The van der Waals surface area contributed by atoms with Crippen LogP contribution in [0.3, 0.4) is 0 Å². The first kappa shape index (κ1) is 23.1. The van der Waals surface area contributed by atoms with Gasteiger partial charge in [-0.3, -0.25) is 9.59 Å². The summed E-state index contributed by atoms with van der Waals surface area (Å²) in [5.74, 6) is 0.487. The lowest BCUT2D eigenvalue weighted by Gasteiger charge is -2.36. The molecule has 1 heterocycles. The first-order chi connectivity index (χ1) is 16.5. The molecule has 0 spiro atoms. The Morgan fingerprint density at radius 2 is 1.65 bits per heavy atom. The van der Waals surface area contributed by atoms with Gasteiger partial charge in [-0.25, -0.2) is 4.39 Å². The zero-order chi connectivity index (χ0) is 23.9. The van der Waals surface area contributed by atoms with Gasteiger partial charge in [0.05, 0.1) is 12.8 Å². The average molecular weight is 464 g/mol. The number of carbonyl (C=O) groups excluding carboxylic acids is 2. The molecule has 1 saturated heterocycles. The molecule has 7 nitrogen and oxygen atoms in total. The number of nitrogens with zero attached hydrogens (tertiary/aromatic N) is 2. The van der Waals surface area contributed by atoms with Crippen molar-refractivity contribution in [2.24, 2.45) is 0 Å². The highest BCUT2D eigenvalue weighted by atomic mass is 19.1. The predicted octanol–water partition coefficient (Wildman–Crippen LogP) is 3.81. The van der Waals surface area contributed by atoms with Crippen LogP contribution in [0.2, 0.25) is 0 Å². The average Bonchev–Trinajstić information content (AvgIpc) is 2.88. The first-order valence-corrected chi connectivity index (χ1v) is 11.0. The molecule has 1 aliphatic rings. The molecule has 0 aliphatic carbocycles. The van der Waals surface area contributed by atoms with Crippen molar-refractivity contribution in [1.82, 2.24) is 4.90 Å². The van der Waals surface area contributed by atoms with Crippen LogP contribution >= 0.6 is 0 Å². The fourth-order valence-electron chi connectivity index (χ4n) is 3.78. The van der Waals surface area contributed by atoms with E-state index in [4.69, 9.17) is 9.47 Å². The summed E-state index contributed by atoms with van der Waals surface area (Å²) < 4.78 is 24.7. The summed E-state index contributed by atoms with van der Waals surface area (Å²) >= 11 is 0. The van der Waals surface area contributed by atoms with Crippen molar-refractivity contribution in [2.45, 2.75) is 0 Å². The molecule has 34 heavy (non-hydrogen) atoms. The van der Waals surface area contributed by atoms with Crippen LogP contribution in [0.15, 0.2) is 72.8 Å². The van der Waals surface area contributed by atoms with Crippen LogP contribution in [-0.4, -0.2) is 56.6 Å². The van der Waals surface area contributed by atoms with Gasteiger partial charge in [0.2, 0.25) is 0 Å². The van der Waals surface area contributed by atoms with E-state index in [0.29, 0.717) is 54.6 Å². The lowest BCUT2D eigenvalue weighted by Crippen LogP contribution is -2.49. The molecule has 0 aromatic heterocycles. The van der Waals surface area contributed by atoms with Gasteiger partial charge in [0.1, 0.15) is 17.3 Å². The zero-order valence-electron chi connectivity index (χ0n) is 18.9. The standard InChI is InChI=1S/C26H26FN3O4/c1-33-22-6-4-5-20(17-22)28-25(31)18-34-21-11-9-19(10-12-21)26(32)30-15-13-29(14-16-30)24-8-3-2-7-23(24)27/h2-12,17H,13-16,18H2,1H3,(H,28,31). The second kappa shape index (κ2) is 10.7. The van der Waals surface area contributed by atoms with Gasteiger partial charge in [-0.15, -0.1) is 0 Å². The number of hydrogen-bond acceptors (Lipinski definition) is 5. The summed E-state index contributed by atoms with van der Waals surface area (Å²) in [6, 6.07) is 20.4. The van der Waals surface area contributed by atoms with Crippen LogP contribution in [0.25, 0.3) is 0 Å². The van der Waals surface area contributed by atoms with Crippen LogP contribution in [0, 0.1) is 5.82 Å². The van der Waals surface area contributed by atoms with Gasteiger partial charge in [-0.05, 0) is 48.5 Å². The van der Waals surface area contributed by atoms with E-state index in [1.165, 1.54) is 6.07 Å². The number of hydrogen-bond donors (Lipinski definition) is 1. The highest BCUT2D eigenvalue weighted by molar-refractivity contribution is 5.94. The van der Waals surface area contributed by atoms with Gasteiger partial charge >= 0.3 is 0 Å². The molecule has 1 aliphatic heterocycles. The molecular weight excluding hydrogens is 437 g/mol. The molecule has 0 bridgehead atoms. The molecule has 3 aromatic carbocycles. The van der Waals surface area contributed by atoms with E-state index in [2.05, 4.69) is 5.32 Å². The largest absolute Gasteiger partial charge is 0.497 e.